The highest BCUT2D eigenvalue weighted by molar-refractivity contribution is 5.71. The molecular formula is C76H130O6. The van der Waals surface area contributed by atoms with Crippen LogP contribution in [-0.2, 0) is 28.6 Å². The van der Waals surface area contributed by atoms with E-state index in [4.69, 9.17) is 14.2 Å². The molecule has 6 heteroatoms. The molecule has 0 N–H and O–H groups in total. The lowest BCUT2D eigenvalue weighted by Gasteiger charge is -2.18. The largest absolute Gasteiger partial charge is 0.462 e. The Morgan fingerprint density at radius 2 is 0.476 bits per heavy atom. The molecule has 470 valence electrons. The Labute approximate surface area is 508 Å². The van der Waals surface area contributed by atoms with Crippen molar-refractivity contribution in [1.29, 1.82) is 0 Å². The van der Waals surface area contributed by atoms with Crippen LogP contribution in [0.1, 0.15) is 335 Å². The molecule has 0 saturated carbocycles. The molecule has 0 rings (SSSR count). The highest BCUT2D eigenvalue weighted by Gasteiger charge is 2.19. The molecule has 0 bridgehead atoms. The summed E-state index contributed by atoms with van der Waals surface area (Å²) < 4.78 is 16.9. The first kappa shape index (κ1) is 78.1. The van der Waals surface area contributed by atoms with Crippen LogP contribution in [-0.4, -0.2) is 37.2 Å². The van der Waals surface area contributed by atoms with Crippen LogP contribution in [0.5, 0.6) is 0 Å². The minimum absolute atomic E-state index is 0.0848. The number of allylic oxidation sites excluding steroid dienone is 18. The van der Waals surface area contributed by atoms with Crippen molar-refractivity contribution in [2.45, 2.75) is 341 Å². The number of hydrogen-bond acceptors (Lipinski definition) is 6. The fourth-order valence-corrected chi connectivity index (χ4v) is 9.85. The molecule has 0 aromatic heterocycles. The molecular weight excluding hydrogens is 1010 g/mol. The molecule has 0 radical (unpaired) electrons. The van der Waals surface area contributed by atoms with Crippen molar-refractivity contribution < 1.29 is 28.6 Å². The van der Waals surface area contributed by atoms with Gasteiger partial charge < -0.3 is 14.2 Å². The number of rotatable bonds is 63. The van der Waals surface area contributed by atoms with Crippen LogP contribution in [0.2, 0.25) is 0 Å². The second-order valence-corrected chi connectivity index (χ2v) is 23.1. The fraction of sp³-hybridized carbons (Fsp3) is 0.724. The molecule has 0 saturated heterocycles. The average Bonchev–Trinajstić information content (AvgIpc) is 3.47. The Hall–Kier alpha value is -3.93. The predicted molar refractivity (Wildman–Crippen MR) is 357 cm³/mol. The van der Waals surface area contributed by atoms with Crippen molar-refractivity contribution in [3.05, 3.63) is 109 Å². The van der Waals surface area contributed by atoms with Crippen LogP contribution in [0.3, 0.4) is 0 Å². The van der Waals surface area contributed by atoms with E-state index in [-0.39, 0.29) is 31.1 Å². The summed E-state index contributed by atoms with van der Waals surface area (Å²) in [5, 5.41) is 0. The van der Waals surface area contributed by atoms with E-state index in [9.17, 15) is 14.4 Å². The van der Waals surface area contributed by atoms with Crippen LogP contribution in [0.15, 0.2) is 109 Å². The van der Waals surface area contributed by atoms with E-state index in [1.807, 2.05) is 0 Å². The molecule has 82 heavy (non-hydrogen) atoms. The average molecular weight is 1140 g/mol. The van der Waals surface area contributed by atoms with E-state index in [2.05, 4.69) is 130 Å². The maximum absolute atomic E-state index is 12.9. The quantitative estimate of drug-likeness (QED) is 0.0261. The molecule has 1 unspecified atom stereocenters. The highest BCUT2D eigenvalue weighted by atomic mass is 16.6. The third-order valence-electron chi connectivity index (χ3n) is 15.0. The zero-order chi connectivity index (χ0) is 59.2. The number of carbonyl (C=O) groups excluding carboxylic acids is 3. The number of carbonyl (C=O) groups is 3. The normalized spacial score (nSPS) is 12.8. The van der Waals surface area contributed by atoms with E-state index < -0.39 is 6.10 Å². The summed E-state index contributed by atoms with van der Waals surface area (Å²) in [4.78, 5) is 38.3. The first-order chi connectivity index (χ1) is 40.5. The van der Waals surface area contributed by atoms with Crippen LogP contribution in [0.4, 0.5) is 0 Å². The van der Waals surface area contributed by atoms with Crippen LogP contribution in [0.25, 0.3) is 0 Å². The van der Waals surface area contributed by atoms with Crippen LogP contribution >= 0.6 is 0 Å². The van der Waals surface area contributed by atoms with Gasteiger partial charge in [0.15, 0.2) is 6.10 Å². The first-order valence-corrected chi connectivity index (χ1v) is 34.9. The minimum Gasteiger partial charge on any atom is -0.462 e. The zero-order valence-corrected chi connectivity index (χ0v) is 54.0. The van der Waals surface area contributed by atoms with E-state index in [1.165, 1.54) is 173 Å². The zero-order valence-electron chi connectivity index (χ0n) is 54.0. The highest BCUT2D eigenvalue weighted by Crippen LogP contribution is 2.17. The summed E-state index contributed by atoms with van der Waals surface area (Å²) in [6.07, 6.45) is 95.4. The third kappa shape index (κ3) is 66.9. The van der Waals surface area contributed by atoms with Crippen molar-refractivity contribution in [3.63, 3.8) is 0 Å². The lowest BCUT2D eigenvalue weighted by molar-refractivity contribution is -0.167. The summed E-state index contributed by atoms with van der Waals surface area (Å²) in [5.74, 6) is -0.905. The molecule has 0 aliphatic heterocycles. The van der Waals surface area contributed by atoms with E-state index >= 15 is 0 Å². The van der Waals surface area contributed by atoms with Crippen molar-refractivity contribution in [1.82, 2.24) is 0 Å². The van der Waals surface area contributed by atoms with Gasteiger partial charge in [0.2, 0.25) is 0 Å². The van der Waals surface area contributed by atoms with Gasteiger partial charge in [-0.05, 0) is 89.9 Å². The Kier molecular flexibility index (Phi) is 66.2. The van der Waals surface area contributed by atoms with Crippen molar-refractivity contribution in [2.24, 2.45) is 0 Å². The molecule has 0 aromatic rings. The van der Waals surface area contributed by atoms with Crippen molar-refractivity contribution in [3.8, 4) is 0 Å². The summed E-state index contributed by atoms with van der Waals surface area (Å²) >= 11 is 0. The van der Waals surface area contributed by atoms with Gasteiger partial charge in [-0.15, -0.1) is 0 Å². The molecule has 0 aromatic carbocycles. The van der Waals surface area contributed by atoms with E-state index in [0.717, 1.165) is 122 Å². The van der Waals surface area contributed by atoms with Crippen molar-refractivity contribution in [2.75, 3.05) is 13.2 Å². The molecule has 0 fully saturated rings. The molecule has 0 aliphatic carbocycles. The second-order valence-electron chi connectivity index (χ2n) is 23.1. The van der Waals surface area contributed by atoms with Gasteiger partial charge in [0.05, 0.1) is 0 Å². The Morgan fingerprint density at radius 3 is 0.744 bits per heavy atom. The fourth-order valence-electron chi connectivity index (χ4n) is 9.85. The number of esters is 3. The summed E-state index contributed by atoms with van der Waals surface area (Å²) in [7, 11) is 0. The van der Waals surface area contributed by atoms with Gasteiger partial charge in [0.1, 0.15) is 13.2 Å². The first-order valence-electron chi connectivity index (χ1n) is 34.9. The molecule has 6 nitrogen and oxygen atoms in total. The molecule has 1 atom stereocenters. The Balaban J connectivity index is 4.31. The van der Waals surface area contributed by atoms with E-state index in [0.29, 0.717) is 19.3 Å². The van der Waals surface area contributed by atoms with Gasteiger partial charge >= 0.3 is 17.9 Å². The van der Waals surface area contributed by atoms with Gasteiger partial charge in [-0.25, -0.2) is 0 Å². The van der Waals surface area contributed by atoms with Gasteiger partial charge in [-0.2, -0.15) is 0 Å². The standard InChI is InChI=1S/C76H130O6/c1-4-7-10-13-16-19-22-24-26-28-30-32-34-35-36-37-38-39-40-41-42-44-45-47-49-51-54-57-60-63-66-69-75(78)81-72-73(71-80-74(77)68-65-62-59-56-53-21-18-15-12-9-6-3)82-76(79)70-67-64-61-58-55-52-50-48-46-43-33-31-29-27-25-23-20-17-14-11-8-5-2/h7,10,16,19,24,26,30,32,35-36,38-39,41-42,45,47,51,54,73H,4-6,8-9,11-15,17-18,20-23,25,27-29,31,33-34,37,40,43-44,46,48-50,52-53,55-72H2,1-3H3/b10-7-,19-16-,26-24-,32-30-,36-35-,39-38-,42-41-,47-45-,54-51-. The molecule has 0 heterocycles. The lowest BCUT2D eigenvalue weighted by Crippen LogP contribution is -2.30. The topological polar surface area (TPSA) is 78.9 Å². The van der Waals surface area contributed by atoms with Gasteiger partial charge in [0, 0.05) is 19.3 Å². The minimum atomic E-state index is -0.791. The monoisotopic (exact) mass is 1140 g/mol. The summed E-state index contributed by atoms with van der Waals surface area (Å²) in [5.41, 5.74) is 0. The smallest absolute Gasteiger partial charge is 0.306 e. The van der Waals surface area contributed by atoms with Crippen molar-refractivity contribution >= 4 is 17.9 Å². The van der Waals surface area contributed by atoms with Gasteiger partial charge in [0.25, 0.3) is 0 Å². The van der Waals surface area contributed by atoms with E-state index in [1.54, 1.807) is 0 Å². The van der Waals surface area contributed by atoms with Gasteiger partial charge in [-0.3, -0.25) is 14.4 Å². The predicted octanol–water partition coefficient (Wildman–Crippen LogP) is 24.2. The molecule has 0 amide bonds. The lowest BCUT2D eigenvalue weighted by atomic mass is 10.0. The Morgan fingerprint density at radius 1 is 0.256 bits per heavy atom. The maximum Gasteiger partial charge on any atom is 0.306 e. The van der Waals surface area contributed by atoms with Gasteiger partial charge in [-0.1, -0.05) is 336 Å². The summed E-state index contributed by atoms with van der Waals surface area (Å²) in [6, 6.07) is 0. The molecule has 0 aliphatic rings. The number of hydrogen-bond donors (Lipinski definition) is 0. The second kappa shape index (κ2) is 69.6. The Bertz CT molecular complexity index is 1640. The number of ether oxygens (including phenoxy) is 3. The third-order valence-corrected chi connectivity index (χ3v) is 15.0. The maximum atomic E-state index is 12.9. The molecule has 0 spiro atoms. The summed E-state index contributed by atoms with van der Waals surface area (Å²) in [6.45, 7) is 6.53. The SMILES string of the molecule is CC/C=C\C/C=C\C/C=C\C/C=C\C/C=C\C/C=C\C/C=C\C/C=C\C/C=C\CCCCCC(=O)OCC(COC(=O)CCCCCCCCCCCCC)OC(=O)CCCCCCCCCCCCCCCCCCCCCCCC. The van der Waals surface area contributed by atoms with Crippen LogP contribution < -0.4 is 0 Å². The van der Waals surface area contributed by atoms with Crippen LogP contribution in [0, 0.1) is 0 Å². The number of unbranched alkanes of at least 4 members (excludes halogenated alkanes) is 34.